The lowest BCUT2D eigenvalue weighted by Gasteiger charge is -2.07. The van der Waals surface area contributed by atoms with Crippen molar-refractivity contribution >= 4 is 0 Å². The Balaban J connectivity index is 2.26. The predicted molar refractivity (Wildman–Crippen MR) is 50.3 cm³/mol. The second-order valence-electron chi connectivity index (χ2n) is 3.53. The van der Waals surface area contributed by atoms with Crippen LogP contribution in [0.25, 0.3) is 0 Å². The third-order valence-corrected chi connectivity index (χ3v) is 2.35. The number of hydrogen-bond acceptors (Lipinski definition) is 0. The molecule has 0 bridgehead atoms. The molecule has 1 radical (unpaired) electrons. The van der Waals surface area contributed by atoms with Crippen LogP contribution in [0.3, 0.4) is 0 Å². The summed E-state index contributed by atoms with van der Waals surface area (Å²) in [5.41, 5.74) is 0. The topological polar surface area (TPSA) is 0 Å². The Hall–Kier alpha value is -0.260. The molecule has 0 spiro atoms. The molecule has 1 rings (SSSR count). The van der Waals surface area contributed by atoms with Crippen molar-refractivity contribution in [1.82, 2.24) is 0 Å². The van der Waals surface area contributed by atoms with Gasteiger partial charge >= 0.3 is 0 Å². The van der Waals surface area contributed by atoms with Gasteiger partial charge in [0.05, 0.1) is 0 Å². The smallest absolute Gasteiger partial charge is 0.0233 e. The van der Waals surface area contributed by atoms with Gasteiger partial charge in [-0.25, -0.2) is 0 Å². The molecule has 1 atom stereocenters. The van der Waals surface area contributed by atoms with Gasteiger partial charge in [0.2, 0.25) is 0 Å². The SMILES string of the molecule is [CH2]C1/C=C\CCCCCCC1. The van der Waals surface area contributed by atoms with Crippen LogP contribution in [-0.4, -0.2) is 0 Å². The number of hydrogen-bond donors (Lipinski definition) is 0. The zero-order valence-electron chi connectivity index (χ0n) is 7.39. The van der Waals surface area contributed by atoms with Gasteiger partial charge in [0.25, 0.3) is 0 Å². The van der Waals surface area contributed by atoms with E-state index in [1.165, 1.54) is 44.9 Å². The molecule has 0 aromatic carbocycles. The minimum Gasteiger partial charge on any atom is -0.0883 e. The van der Waals surface area contributed by atoms with Crippen molar-refractivity contribution in [3.05, 3.63) is 19.1 Å². The van der Waals surface area contributed by atoms with Gasteiger partial charge in [0, 0.05) is 0 Å². The average Bonchev–Trinajstić information content (AvgIpc) is 2.03. The quantitative estimate of drug-likeness (QED) is 0.463. The molecular weight excluding hydrogens is 132 g/mol. The molecule has 63 valence electrons. The van der Waals surface area contributed by atoms with Crippen molar-refractivity contribution < 1.29 is 0 Å². The van der Waals surface area contributed by atoms with Crippen molar-refractivity contribution in [3.8, 4) is 0 Å². The summed E-state index contributed by atoms with van der Waals surface area (Å²) in [5, 5.41) is 0. The van der Waals surface area contributed by atoms with Gasteiger partial charge < -0.3 is 0 Å². The molecular formula is C11H19. The molecule has 1 unspecified atom stereocenters. The second-order valence-corrected chi connectivity index (χ2v) is 3.53. The van der Waals surface area contributed by atoms with E-state index < -0.39 is 0 Å². The van der Waals surface area contributed by atoms with E-state index in [9.17, 15) is 0 Å². The Morgan fingerprint density at radius 1 is 1.00 bits per heavy atom. The van der Waals surface area contributed by atoms with E-state index in [1.54, 1.807) is 0 Å². The van der Waals surface area contributed by atoms with Gasteiger partial charge in [-0.05, 0) is 32.1 Å². The molecule has 0 aliphatic heterocycles. The lowest BCUT2D eigenvalue weighted by atomic mass is 9.99. The highest BCUT2D eigenvalue weighted by molar-refractivity contribution is 4.89. The monoisotopic (exact) mass is 151 g/mol. The first-order chi connectivity index (χ1) is 5.39. The van der Waals surface area contributed by atoms with Crippen molar-refractivity contribution in [2.45, 2.75) is 44.9 Å². The molecule has 0 N–H and O–H groups in total. The van der Waals surface area contributed by atoms with Crippen LogP contribution in [0.1, 0.15) is 44.9 Å². The number of rotatable bonds is 0. The summed E-state index contributed by atoms with van der Waals surface area (Å²) in [6, 6.07) is 0. The Morgan fingerprint density at radius 2 is 1.73 bits per heavy atom. The minimum atomic E-state index is 0.577. The van der Waals surface area contributed by atoms with E-state index >= 15 is 0 Å². The van der Waals surface area contributed by atoms with Crippen molar-refractivity contribution in [3.63, 3.8) is 0 Å². The maximum Gasteiger partial charge on any atom is -0.0233 e. The minimum absolute atomic E-state index is 0.577. The van der Waals surface area contributed by atoms with Gasteiger partial charge in [-0.3, -0.25) is 0 Å². The van der Waals surface area contributed by atoms with Crippen LogP contribution in [-0.2, 0) is 0 Å². The van der Waals surface area contributed by atoms with E-state index in [-0.39, 0.29) is 0 Å². The summed E-state index contributed by atoms with van der Waals surface area (Å²) in [4.78, 5) is 0. The van der Waals surface area contributed by atoms with Crippen LogP contribution in [0.5, 0.6) is 0 Å². The van der Waals surface area contributed by atoms with E-state index in [0.29, 0.717) is 5.92 Å². The molecule has 0 saturated carbocycles. The molecule has 11 heavy (non-hydrogen) atoms. The summed E-state index contributed by atoms with van der Waals surface area (Å²) in [6.07, 6.45) is 14.2. The fourth-order valence-electron chi connectivity index (χ4n) is 1.58. The standard InChI is InChI=1S/C11H19/c1-11-9-7-5-3-2-4-6-8-10-11/h7,9,11H,1-6,8,10H2/b9-7-. The van der Waals surface area contributed by atoms with E-state index in [2.05, 4.69) is 19.1 Å². The Kier molecular flexibility index (Phi) is 4.33. The van der Waals surface area contributed by atoms with Crippen LogP contribution >= 0.6 is 0 Å². The fraction of sp³-hybridized carbons (Fsp3) is 0.727. The lowest BCUT2D eigenvalue weighted by Crippen LogP contribution is -1.92. The lowest BCUT2D eigenvalue weighted by molar-refractivity contribution is 0.557. The highest BCUT2D eigenvalue weighted by atomic mass is 14.0. The fourth-order valence-corrected chi connectivity index (χ4v) is 1.58. The van der Waals surface area contributed by atoms with Crippen LogP contribution in [0, 0.1) is 12.8 Å². The molecule has 1 aliphatic carbocycles. The zero-order chi connectivity index (χ0) is 7.94. The van der Waals surface area contributed by atoms with Crippen LogP contribution in [0.4, 0.5) is 0 Å². The van der Waals surface area contributed by atoms with Gasteiger partial charge in [0.15, 0.2) is 0 Å². The van der Waals surface area contributed by atoms with Crippen LogP contribution in [0.2, 0.25) is 0 Å². The van der Waals surface area contributed by atoms with Crippen LogP contribution < -0.4 is 0 Å². The molecule has 0 amide bonds. The summed E-state index contributed by atoms with van der Waals surface area (Å²) < 4.78 is 0. The maximum atomic E-state index is 4.08. The summed E-state index contributed by atoms with van der Waals surface area (Å²) >= 11 is 0. The normalized spacial score (nSPS) is 31.2. The molecule has 0 heteroatoms. The Morgan fingerprint density at radius 3 is 2.64 bits per heavy atom. The molecule has 0 nitrogen and oxygen atoms in total. The van der Waals surface area contributed by atoms with Crippen LogP contribution in [0.15, 0.2) is 12.2 Å². The first kappa shape index (κ1) is 8.83. The molecule has 0 heterocycles. The van der Waals surface area contributed by atoms with Crippen molar-refractivity contribution in [2.75, 3.05) is 0 Å². The Labute approximate surface area is 70.7 Å². The summed E-state index contributed by atoms with van der Waals surface area (Å²) in [6.45, 7) is 4.08. The molecule has 0 aromatic rings. The highest BCUT2D eigenvalue weighted by Crippen LogP contribution is 2.15. The third kappa shape index (κ3) is 4.23. The maximum absolute atomic E-state index is 4.08. The largest absolute Gasteiger partial charge is 0.0883 e. The van der Waals surface area contributed by atoms with E-state index in [1.807, 2.05) is 0 Å². The van der Waals surface area contributed by atoms with E-state index in [0.717, 1.165) is 0 Å². The summed E-state index contributed by atoms with van der Waals surface area (Å²) in [5.74, 6) is 0.577. The van der Waals surface area contributed by atoms with Gasteiger partial charge in [0.1, 0.15) is 0 Å². The summed E-state index contributed by atoms with van der Waals surface area (Å²) in [7, 11) is 0. The molecule has 0 aromatic heterocycles. The van der Waals surface area contributed by atoms with Gasteiger partial charge in [-0.1, -0.05) is 37.8 Å². The molecule has 0 saturated heterocycles. The van der Waals surface area contributed by atoms with Gasteiger partial charge in [-0.2, -0.15) is 0 Å². The average molecular weight is 151 g/mol. The zero-order valence-corrected chi connectivity index (χ0v) is 7.39. The second kappa shape index (κ2) is 5.40. The first-order valence-corrected chi connectivity index (χ1v) is 4.89. The number of allylic oxidation sites excluding steroid dienone is 2. The van der Waals surface area contributed by atoms with Crippen molar-refractivity contribution in [2.24, 2.45) is 5.92 Å². The molecule has 0 fully saturated rings. The first-order valence-electron chi connectivity index (χ1n) is 4.89. The molecule has 1 aliphatic rings. The van der Waals surface area contributed by atoms with E-state index in [4.69, 9.17) is 0 Å². The third-order valence-electron chi connectivity index (χ3n) is 2.35. The Bertz CT molecular complexity index is 113. The van der Waals surface area contributed by atoms with Gasteiger partial charge in [-0.15, -0.1) is 0 Å². The highest BCUT2D eigenvalue weighted by Gasteiger charge is 1.98. The predicted octanol–water partition coefficient (Wildman–Crippen LogP) is 3.74. The van der Waals surface area contributed by atoms with Crippen molar-refractivity contribution in [1.29, 1.82) is 0 Å².